The highest BCUT2D eigenvalue weighted by molar-refractivity contribution is 5.91. The van der Waals surface area contributed by atoms with E-state index in [1.165, 1.54) is 14.0 Å². The van der Waals surface area contributed by atoms with E-state index >= 15 is 0 Å². The van der Waals surface area contributed by atoms with Crippen molar-refractivity contribution in [3.05, 3.63) is 35.4 Å². The average Bonchev–Trinajstić information content (AvgIpc) is 2.67. The summed E-state index contributed by atoms with van der Waals surface area (Å²) >= 11 is 0. The van der Waals surface area contributed by atoms with E-state index in [0.29, 0.717) is 6.42 Å². The number of fused-ring (bicyclic) bond motifs is 1. The Labute approximate surface area is 94.4 Å². The molecule has 1 aliphatic rings. The lowest BCUT2D eigenvalue weighted by Gasteiger charge is -2.15. The van der Waals surface area contributed by atoms with Gasteiger partial charge in [0.1, 0.15) is 5.78 Å². The molecule has 0 amide bonds. The number of carbonyl (C=O) groups is 2. The number of ether oxygens (including phenoxy) is 1. The van der Waals surface area contributed by atoms with E-state index in [4.69, 9.17) is 4.74 Å². The Bertz CT molecular complexity index is 437. The van der Waals surface area contributed by atoms with Crippen molar-refractivity contribution in [1.82, 2.24) is 0 Å². The molecule has 1 aromatic carbocycles. The van der Waals surface area contributed by atoms with Gasteiger partial charge in [-0.1, -0.05) is 24.3 Å². The summed E-state index contributed by atoms with van der Waals surface area (Å²) < 4.78 is 4.75. The monoisotopic (exact) mass is 218 g/mol. The molecule has 1 aromatic rings. The van der Waals surface area contributed by atoms with Gasteiger partial charge in [-0.15, -0.1) is 0 Å². The van der Waals surface area contributed by atoms with Crippen molar-refractivity contribution in [2.24, 2.45) is 5.92 Å². The maximum atomic E-state index is 11.6. The molecule has 16 heavy (non-hydrogen) atoms. The Hall–Kier alpha value is -1.64. The second-order valence-electron chi connectivity index (χ2n) is 4.12. The van der Waals surface area contributed by atoms with Gasteiger partial charge < -0.3 is 4.74 Å². The molecule has 0 N–H and O–H groups in total. The molecular formula is C13H14O3. The standard InChI is InChI=1S/C13H14O3/c1-8(14)12-10-6-4-3-5-9(10)7-11(12)13(15)16-2/h3-6,11-12H,7H2,1-2H3. The van der Waals surface area contributed by atoms with Gasteiger partial charge >= 0.3 is 5.97 Å². The summed E-state index contributed by atoms with van der Waals surface area (Å²) in [6.45, 7) is 1.53. The third-order valence-corrected chi connectivity index (χ3v) is 3.17. The van der Waals surface area contributed by atoms with E-state index in [9.17, 15) is 9.59 Å². The number of carbonyl (C=O) groups excluding carboxylic acids is 2. The fourth-order valence-electron chi connectivity index (χ4n) is 2.47. The third kappa shape index (κ3) is 1.62. The fraction of sp³-hybridized carbons (Fsp3) is 0.385. The van der Waals surface area contributed by atoms with Crippen LogP contribution >= 0.6 is 0 Å². The molecule has 1 aliphatic carbocycles. The van der Waals surface area contributed by atoms with Crippen LogP contribution in [0.2, 0.25) is 0 Å². The minimum atomic E-state index is -0.347. The SMILES string of the molecule is COC(=O)C1Cc2ccccc2C1C(C)=O. The molecule has 0 radical (unpaired) electrons. The van der Waals surface area contributed by atoms with Crippen molar-refractivity contribution >= 4 is 11.8 Å². The number of hydrogen-bond donors (Lipinski definition) is 0. The van der Waals surface area contributed by atoms with Crippen molar-refractivity contribution < 1.29 is 14.3 Å². The second-order valence-corrected chi connectivity index (χ2v) is 4.12. The Morgan fingerprint density at radius 2 is 2.00 bits per heavy atom. The van der Waals surface area contributed by atoms with Crippen LogP contribution in [0.25, 0.3) is 0 Å². The van der Waals surface area contributed by atoms with Crippen molar-refractivity contribution in [3.63, 3.8) is 0 Å². The van der Waals surface area contributed by atoms with Gasteiger partial charge in [0.25, 0.3) is 0 Å². The first kappa shape index (κ1) is 10.9. The highest BCUT2D eigenvalue weighted by Gasteiger charge is 2.40. The van der Waals surface area contributed by atoms with Crippen molar-refractivity contribution in [3.8, 4) is 0 Å². The molecule has 0 aliphatic heterocycles. The summed E-state index contributed by atoms with van der Waals surface area (Å²) in [4.78, 5) is 23.3. The fourth-order valence-corrected chi connectivity index (χ4v) is 2.47. The van der Waals surface area contributed by atoms with Gasteiger partial charge in [-0.2, -0.15) is 0 Å². The summed E-state index contributed by atoms with van der Waals surface area (Å²) in [6.07, 6.45) is 0.604. The Kier molecular flexibility index (Phi) is 2.77. The summed E-state index contributed by atoms with van der Waals surface area (Å²) in [5.41, 5.74) is 2.06. The van der Waals surface area contributed by atoms with Gasteiger partial charge in [0.05, 0.1) is 18.9 Å². The van der Waals surface area contributed by atoms with Crippen LogP contribution in [0.4, 0.5) is 0 Å². The summed E-state index contributed by atoms with van der Waals surface area (Å²) in [6, 6.07) is 7.71. The number of methoxy groups -OCH3 is 1. The van der Waals surface area contributed by atoms with Crippen LogP contribution in [0.3, 0.4) is 0 Å². The zero-order valence-electron chi connectivity index (χ0n) is 9.40. The van der Waals surface area contributed by atoms with E-state index in [0.717, 1.165) is 11.1 Å². The Morgan fingerprint density at radius 1 is 1.31 bits per heavy atom. The number of hydrogen-bond acceptors (Lipinski definition) is 3. The topological polar surface area (TPSA) is 43.4 Å². The lowest BCUT2D eigenvalue weighted by molar-refractivity contribution is -0.147. The number of rotatable bonds is 2. The summed E-state index contributed by atoms with van der Waals surface area (Å²) in [5.74, 6) is -0.944. The normalized spacial score (nSPS) is 22.6. The smallest absolute Gasteiger partial charge is 0.310 e. The number of esters is 1. The van der Waals surface area contributed by atoms with Crippen LogP contribution in [-0.2, 0) is 20.7 Å². The highest BCUT2D eigenvalue weighted by atomic mass is 16.5. The third-order valence-electron chi connectivity index (χ3n) is 3.17. The molecule has 0 aromatic heterocycles. The molecule has 2 atom stereocenters. The first-order valence-electron chi connectivity index (χ1n) is 5.31. The molecule has 3 nitrogen and oxygen atoms in total. The van der Waals surface area contributed by atoms with Gasteiger partial charge in [0.2, 0.25) is 0 Å². The van der Waals surface area contributed by atoms with Crippen LogP contribution < -0.4 is 0 Å². The first-order valence-corrected chi connectivity index (χ1v) is 5.31. The summed E-state index contributed by atoms with van der Waals surface area (Å²) in [7, 11) is 1.36. The quantitative estimate of drug-likeness (QED) is 0.710. The maximum Gasteiger partial charge on any atom is 0.310 e. The number of benzene rings is 1. The number of Topliss-reactive ketones (excluding diaryl/α,β-unsaturated/α-hetero) is 1. The van der Waals surface area contributed by atoms with E-state index in [-0.39, 0.29) is 23.6 Å². The predicted octanol–water partition coefficient (Wildman–Crippen LogP) is 1.70. The maximum absolute atomic E-state index is 11.6. The zero-order chi connectivity index (χ0) is 11.7. The van der Waals surface area contributed by atoms with Gasteiger partial charge in [0, 0.05) is 0 Å². The Morgan fingerprint density at radius 3 is 2.62 bits per heavy atom. The van der Waals surface area contributed by atoms with Crippen LogP contribution in [0.1, 0.15) is 24.0 Å². The van der Waals surface area contributed by atoms with E-state index in [1.807, 2.05) is 24.3 Å². The molecule has 0 saturated heterocycles. The van der Waals surface area contributed by atoms with E-state index in [1.54, 1.807) is 0 Å². The molecule has 84 valence electrons. The van der Waals surface area contributed by atoms with E-state index in [2.05, 4.69) is 0 Å². The van der Waals surface area contributed by atoms with Crippen LogP contribution in [-0.4, -0.2) is 18.9 Å². The molecule has 2 rings (SSSR count). The van der Waals surface area contributed by atoms with Crippen molar-refractivity contribution in [1.29, 1.82) is 0 Å². The van der Waals surface area contributed by atoms with Crippen LogP contribution in [0, 0.1) is 5.92 Å². The van der Waals surface area contributed by atoms with E-state index < -0.39 is 0 Å². The molecule has 0 bridgehead atoms. The minimum Gasteiger partial charge on any atom is -0.469 e. The highest BCUT2D eigenvalue weighted by Crippen LogP contribution is 2.38. The molecule has 0 saturated carbocycles. The van der Waals surface area contributed by atoms with Crippen LogP contribution in [0.5, 0.6) is 0 Å². The molecule has 2 unspecified atom stereocenters. The van der Waals surface area contributed by atoms with Gasteiger partial charge in [-0.3, -0.25) is 9.59 Å². The molecular weight excluding hydrogens is 204 g/mol. The molecule has 0 heterocycles. The molecule has 0 fully saturated rings. The van der Waals surface area contributed by atoms with Gasteiger partial charge in [0.15, 0.2) is 0 Å². The molecule has 3 heteroatoms. The van der Waals surface area contributed by atoms with Crippen molar-refractivity contribution in [2.45, 2.75) is 19.3 Å². The predicted molar refractivity (Wildman–Crippen MR) is 59.1 cm³/mol. The zero-order valence-corrected chi connectivity index (χ0v) is 9.40. The van der Waals surface area contributed by atoms with Gasteiger partial charge in [-0.25, -0.2) is 0 Å². The Balaban J connectivity index is 2.41. The summed E-state index contributed by atoms with van der Waals surface area (Å²) in [5, 5.41) is 0. The molecule has 0 spiro atoms. The lowest BCUT2D eigenvalue weighted by atomic mass is 9.89. The largest absolute Gasteiger partial charge is 0.469 e. The second kappa shape index (κ2) is 4.08. The van der Waals surface area contributed by atoms with Crippen LogP contribution in [0.15, 0.2) is 24.3 Å². The first-order chi connectivity index (χ1) is 7.65. The minimum absolute atomic E-state index is 0.0281. The average molecular weight is 218 g/mol. The number of ketones is 1. The lowest BCUT2D eigenvalue weighted by Crippen LogP contribution is -2.24. The van der Waals surface area contributed by atoms with Gasteiger partial charge in [-0.05, 0) is 24.5 Å². The van der Waals surface area contributed by atoms with Crippen molar-refractivity contribution in [2.75, 3.05) is 7.11 Å².